The van der Waals surface area contributed by atoms with Gasteiger partial charge in [0.1, 0.15) is 33.5 Å². The zero-order valence-corrected chi connectivity index (χ0v) is 22.8. The molecule has 5 aromatic rings. The van der Waals surface area contributed by atoms with Crippen LogP contribution in [-0.2, 0) is 0 Å². The molecule has 5 heteroatoms. The first-order chi connectivity index (χ1) is 19.1. The fraction of sp³-hybridized carbons (Fsp3) is 0. The van der Waals surface area contributed by atoms with Crippen molar-refractivity contribution in [1.29, 1.82) is 0 Å². The second-order valence-corrected chi connectivity index (χ2v) is 12.6. The molecule has 0 spiro atoms. The third kappa shape index (κ3) is 5.31. The molecule has 0 aliphatic heterocycles. The minimum Gasteiger partial charge on any atom is -0.869 e. The van der Waals surface area contributed by atoms with E-state index >= 15 is 0 Å². The van der Waals surface area contributed by atoms with Gasteiger partial charge in [-0.15, -0.1) is 0 Å². The summed E-state index contributed by atoms with van der Waals surface area (Å²) in [5.41, 5.74) is 0.977. The summed E-state index contributed by atoms with van der Waals surface area (Å²) in [5, 5.41) is 20.9. The monoisotopic (exact) mass is 543 g/mol. The molecule has 0 heterocycles. The normalized spacial score (nSPS) is 11.8. The topological polar surface area (TPSA) is 52.2 Å². The second-order valence-electron chi connectivity index (χ2n) is 8.87. The molecule has 0 saturated heterocycles. The molecule has 190 valence electrons. The Bertz CT molecular complexity index is 1490. The van der Waals surface area contributed by atoms with Gasteiger partial charge >= 0.3 is 0 Å². The van der Waals surface area contributed by atoms with Crippen molar-refractivity contribution in [2.75, 3.05) is 0 Å². The van der Waals surface area contributed by atoms with E-state index in [2.05, 4.69) is 5.32 Å². The van der Waals surface area contributed by atoms with Gasteiger partial charge in [0.2, 0.25) is 0 Å². The Hall–Kier alpha value is -4.37. The lowest BCUT2D eigenvalue weighted by molar-refractivity contribution is -0.244. The van der Waals surface area contributed by atoms with Crippen LogP contribution in [0.2, 0.25) is 0 Å². The van der Waals surface area contributed by atoms with Gasteiger partial charge in [-0.1, -0.05) is 121 Å². The van der Waals surface area contributed by atoms with Crippen LogP contribution in [0.15, 0.2) is 157 Å². The highest BCUT2D eigenvalue weighted by atomic mass is 32.1. The summed E-state index contributed by atoms with van der Waals surface area (Å²) in [6.45, 7) is 0. The van der Waals surface area contributed by atoms with Gasteiger partial charge in [-0.2, -0.15) is 0 Å². The highest BCUT2D eigenvalue weighted by molar-refractivity contribution is 8.01. The van der Waals surface area contributed by atoms with Gasteiger partial charge in [0.15, 0.2) is 0 Å². The molecule has 0 atom stereocenters. The quantitative estimate of drug-likeness (QED) is 0.128. The Kier molecular flexibility index (Phi) is 8.07. The predicted molar refractivity (Wildman–Crippen MR) is 165 cm³/mol. The largest absolute Gasteiger partial charge is 0.869 e. The molecule has 0 saturated carbocycles. The molecule has 1 amide bonds. The van der Waals surface area contributed by atoms with Gasteiger partial charge in [-0.05, 0) is 54.1 Å². The maximum Gasteiger partial charge on any atom is 0.256 e. The van der Waals surface area contributed by atoms with Crippen molar-refractivity contribution in [3.8, 4) is 0 Å². The second kappa shape index (κ2) is 12.0. The molecule has 0 aliphatic carbocycles. The van der Waals surface area contributed by atoms with Crippen LogP contribution in [-0.4, -0.2) is 10.9 Å². The van der Waals surface area contributed by atoms with E-state index < -0.39 is 7.26 Å². The van der Waals surface area contributed by atoms with Crippen LogP contribution in [0.3, 0.4) is 0 Å². The number of benzene rings is 5. The summed E-state index contributed by atoms with van der Waals surface area (Å²) in [6.07, 6.45) is 0. The predicted octanol–water partition coefficient (Wildman–Crippen LogP) is 5.47. The first-order valence-electron chi connectivity index (χ1n) is 12.6. The van der Waals surface area contributed by atoms with Crippen molar-refractivity contribution in [3.63, 3.8) is 0 Å². The van der Waals surface area contributed by atoms with Crippen molar-refractivity contribution in [1.82, 2.24) is 5.32 Å². The Morgan fingerprint density at radius 1 is 0.538 bits per heavy atom. The van der Waals surface area contributed by atoms with Crippen LogP contribution >= 0.6 is 19.5 Å². The molecule has 39 heavy (non-hydrogen) atoms. The summed E-state index contributed by atoms with van der Waals surface area (Å²) in [6, 6.07) is 48.1. The molecule has 5 rings (SSSR count). The third-order valence-corrected chi connectivity index (χ3v) is 11.3. The van der Waals surface area contributed by atoms with Crippen molar-refractivity contribution in [3.05, 3.63) is 168 Å². The minimum atomic E-state index is -2.88. The zero-order valence-electron chi connectivity index (χ0n) is 21.1. The smallest absolute Gasteiger partial charge is 0.256 e. The molecule has 0 aromatic heterocycles. The average molecular weight is 544 g/mol. The lowest BCUT2D eigenvalue weighted by atomic mass is 10.2. The van der Waals surface area contributed by atoms with Gasteiger partial charge in [-0.3, -0.25) is 4.79 Å². The number of carbonyl (C=O) groups excluding carboxylic acids is 1. The van der Waals surface area contributed by atoms with Gasteiger partial charge in [0.05, 0.1) is 0 Å². The van der Waals surface area contributed by atoms with Crippen molar-refractivity contribution in [2.24, 2.45) is 0 Å². The number of nitrogens with one attached hydrogen (secondary N) is 1. The van der Waals surface area contributed by atoms with E-state index in [4.69, 9.17) is 12.2 Å². The standard InChI is InChI=1S/C34H26NO2PS/c36-31(26-16-6-1-7-17-26)32(34(39)35-33(37)27-18-8-2-9-19-27)38(28-20-10-3-11-21-28,29-22-12-4-13-23-29)30-24-14-5-15-25-30/h1-25H,(H-,35,36,37,39). The molecule has 1 N–H and O–H groups in total. The van der Waals surface area contributed by atoms with Gasteiger partial charge in [0.25, 0.3) is 5.91 Å². The van der Waals surface area contributed by atoms with Crippen LogP contribution in [0.1, 0.15) is 15.9 Å². The number of rotatable bonds is 7. The third-order valence-electron chi connectivity index (χ3n) is 6.50. The minimum absolute atomic E-state index is 0.127. The van der Waals surface area contributed by atoms with E-state index in [1.165, 1.54) is 0 Å². The van der Waals surface area contributed by atoms with E-state index in [0.717, 1.165) is 15.9 Å². The van der Waals surface area contributed by atoms with E-state index in [-0.39, 0.29) is 16.7 Å². The highest BCUT2D eigenvalue weighted by Gasteiger charge is 2.51. The van der Waals surface area contributed by atoms with E-state index in [1.54, 1.807) is 36.4 Å². The number of thiocarbonyl (C=S) groups is 1. The average Bonchev–Trinajstić information content (AvgIpc) is 3.01. The lowest BCUT2D eigenvalue weighted by Gasteiger charge is -2.33. The molecular formula is C34H26NO2PS. The Morgan fingerprint density at radius 2 is 0.872 bits per heavy atom. The Morgan fingerprint density at radius 3 is 1.26 bits per heavy atom. The zero-order chi connectivity index (χ0) is 27.1. The van der Waals surface area contributed by atoms with Crippen LogP contribution < -0.4 is 26.3 Å². The summed E-state index contributed by atoms with van der Waals surface area (Å²) in [5.74, 6) is -0.565. The Labute approximate surface area is 234 Å². The molecule has 0 bridgehead atoms. The van der Waals surface area contributed by atoms with Gasteiger partial charge in [0, 0.05) is 5.56 Å². The maximum absolute atomic E-state index is 14.6. The van der Waals surface area contributed by atoms with E-state index in [1.807, 2.05) is 115 Å². The molecule has 0 radical (unpaired) electrons. The molecule has 0 unspecified atom stereocenters. The highest BCUT2D eigenvalue weighted by Crippen LogP contribution is 2.64. The van der Waals surface area contributed by atoms with Crippen molar-refractivity contribution >= 4 is 52.0 Å². The number of hydrogen-bond acceptors (Lipinski definition) is 3. The van der Waals surface area contributed by atoms with E-state index in [9.17, 15) is 9.90 Å². The molecule has 0 fully saturated rings. The number of hydrogen-bond donors (Lipinski definition) is 1. The van der Waals surface area contributed by atoms with Gasteiger partial charge in [-0.25, -0.2) is 0 Å². The van der Waals surface area contributed by atoms with Crippen molar-refractivity contribution in [2.45, 2.75) is 0 Å². The maximum atomic E-state index is 14.6. The molecule has 3 nitrogen and oxygen atoms in total. The van der Waals surface area contributed by atoms with Crippen LogP contribution in [0.25, 0.3) is 5.76 Å². The molecular weight excluding hydrogens is 517 g/mol. The fourth-order valence-corrected chi connectivity index (χ4v) is 9.66. The molecule has 5 aromatic carbocycles. The van der Waals surface area contributed by atoms with Crippen LogP contribution in [0.4, 0.5) is 0 Å². The van der Waals surface area contributed by atoms with Gasteiger partial charge < -0.3 is 10.4 Å². The summed E-state index contributed by atoms with van der Waals surface area (Å²) in [4.78, 5) is 13.5. The first kappa shape index (κ1) is 26.2. The van der Waals surface area contributed by atoms with Crippen LogP contribution in [0, 0.1) is 0 Å². The van der Waals surface area contributed by atoms with Crippen LogP contribution in [0.5, 0.6) is 0 Å². The SMILES string of the molecule is O=C(NC(=S)C(=C([O-])c1ccccc1)[P+](c1ccccc1)(c1ccccc1)c1ccccc1)c1ccccc1. The number of carbonyl (C=O) groups is 1. The van der Waals surface area contributed by atoms with E-state index in [0.29, 0.717) is 16.4 Å². The summed E-state index contributed by atoms with van der Waals surface area (Å²) < 4.78 is 0. The Balaban J connectivity index is 1.85. The lowest BCUT2D eigenvalue weighted by Crippen LogP contribution is -2.40. The van der Waals surface area contributed by atoms with Crippen molar-refractivity contribution < 1.29 is 9.90 Å². The first-order valence-corrected chi connectivity index (χ1v) is 14.8. The summed E-state index contributed by atoms with van der Waals surface area (Å²) >= 11 is 6.01. The summed E-state index contributed by atoms with van der Waals surface area (Å²) in [7, 11) is -2.88. The fourth-order valence-electron chi connectivity index (χ4n) is 4.75. The molecule has 0 aliphatic rings. The number of amides is 1.